The normalized spacial score (nSPS) is 30.0. The first kappa shape index (κ1) is 11.3. The van der Waals surface area contributed by atoms with E-state index in [1.165, 1.54) is 12.8 Å². The van der Waals surface area contributed by atoms with Gasteiger partial charge in [0.15, 0.2) is 5.17 Å². The Morgan fingerprint density at radius 2 is 2.20 bits per heavy atom. The highest BCUT2D eigenvalue weighted by Gasteiger charge is 2.23. The highest BCUT2D eigenvalue weighted by molar-refractivity contribution is 8.14. The summed E-state index contributed by atoms with van der Waals surface area (Å²) in [7, 11) is 0. The largest absolute Gasteiger partial charge is 0.381 e. The summed E-state index contributed by atoms with van der Waals surface area (Å²) < 4.78 is 5.37. The van der Waals surface area contributed by atoms with Crippen molar-refractivity contribution >= 4 is 16.9 Å². The molecule has 0 amide bonds. The Morgan fingerprint density at radius 3 is 2.80 bits per heavy atom. The van der Waals surface area contributed by atoms with E-state index in [1.807, 2.05) is 11.8 Å². The number of thioether (sulfide) groups is 1. The third-order valence-electron chi connectivity index (χ3n) is 3.12. The fraction of sp³-hybridized carbons (Fsp3) is 0.909. The minimum absolute atomic E-state index is 0.486. The molecule has 0 aliphatic carbocycles. The van der Waals surface area contributed by atoms with E-state index in [1.54, 1.807) is 0 Å². The topological polar surface area (TPSA) is 33.6 Å². The first-order valence-corrected chi connectivity index (χ1v) is 6.79. The highest BCUT2D eigenvalue weighted by atomic mass is 32.2. The number of hydrogen-bond acceptors (Lipinski definition) is 4. The van der Waals surface area contributed by atoms with E-state index in [4.69, 9.17) is 4.74 Å². The highest BCUT2D eigenvalue weighted by Crippen LogP contribution is 2.21. The predicted octanol–water partition coefficient (Wildman–Crippen LogP) is 1.88. The minimum atomic E-state index is 0.486. The lowest BCUT2D eigenvalue weighted by Gasteiger charge is -2.28. The van der Waals surface area contributed by atoms with Gasteiger partial charge in [0.2, 0.25) is 0 Å². The van der Waals surface area contributed by atoms with E-state index in [0.29, 0.717) is 12.1 Å². The Balaban J connectivity index is 1.80. The van der Waals surface area contributed by atoms with Crippen LogP contribution in [0.4, 0.5) is 0 Å². The zero-order chi connectivity index (χ0) is 10.7. The zero-order valence-electron chi connectivity index (χ0n) is 9.53. The molecule has 86 valence electrons. The quantitative estimate of drug-likeness (QED) is 0.783. The molecular weight excluding hydrogens is 208 g/mol. The molecule has 1 fully saturated rings. The molecule has 2 aliphatic heterocycles. The lowest BCUT2D eigenvalue weighted by atomic mass is 9.93. The second-order valence-corrected chi connectivity index (χ2v) is 5.49. The molecule has 2 rings (SSSR count). The summed E-state index contributed by atoms with van der Waals surface area (Å²) in [4.78, 5) is 4.56. The molecule has 1 saturated heterocycles. The molecule has 0 bridgehead atoms. The van der Waals surface area contributed by atoms with Crippen molar-refractivity contribution in [1.82, 2.24) is 5.32 Å². The Hall–Kier alpha value is -0.220. The van der Waals surface area contributed by atoms with Crippen molar-refractivity contribution < 1.29 is 4.74 Å². The van der Waals surface area contributed by atoms with Gasteiger partial charge in [-0.15, -0.1) is 0 Å². The second kappa shape index (κ2) is 5.21. The van der Waals surface area contributed by atoms with Gasteiger partial charge in [-0.1, -0.05) is 11.8 Å². The van der Waals surface area contributed by atoms with E-state index in [9.17, 15) is 0 Å². The zero-order valence-corrected chi connectivity index (χ0v) is 10.3. The summed E-state index contributed by atoms with van der Waals surface area (Å²) in [6, 6.07) is 1.02. The number of amidine groups is 1. The van der Waals surface area contributed by atoms with Crippen molar-refractivity contribution in [1.29, 1.82) is 0 Å². The van der Waals surface area contributed by atoms with E-state index < -0.39 is 0 Å². The van der Waals surface area contributed by atoms with Crippen molar-refractivity contribution in [3.05, 3.63) is 0 Å². The van der Waals surface area contributed by atoms with Crippen LogP contribution >= 0.6 is 11.8 Å². The molecule has 4 heteroatoms. The smallest absolute Gasteiger partial charge is 0.157 e. The van der Waals surface area contributed by atoms with Crippen LogP contribution in [-0.4, -0.2) is 36.2 Å². The van der Waals surface area contributed by atoms with Gasteiger partial charge in [-0.3, -0.25) is 4.99 Å². The van der Waals surface area contributed by atoms with Crippen LogP contribution in [0.25, 0.3) is 0 Å². The first-order valence-electron chi connectivity index (χ1n) is 5.80. The summed E-state index contributed by atoms with van der Waals surface area (Å²) in [5, 5.41) is 4.68. The van der Waals surface area contributed by atoms with Crippen molar-refractivity contribution in [3.63, 3.8) is 0 Å². The molecule has 0 aromatic heterocycles. The van der Waals surface area contributed by atoms with E-state index in [-0.39, 0.29) is 0 Å². The van der Waals surface area contributed by atoms with Crippen molar-refractivity contribution in [2.45, 2.75) is 38.8 Å². The molecule has 2 unspecified atom stereocenters. The lowest BCUT2D eigenvalue weighted by molar-refractivity contribution is 0.0583. The molecule has 2 atom stereocenters. The van der Waals surface area contributed by atoms with Crippen LogP contribution in [0.5, 0.6) is 0 Å². The molecule has 2 aliphatic rings. The maximum absolute atomic E-state index is 5.37. The summed E-state index contributed by atoms with van der Waals surface area (Å²) in [6.07, 6.45) is 2.36. The Kier molecular flexibility index (Phi) is 3.92. The van der Waals surface area contributed by atoms with Gasteiger partial charge in [-0.05, 0) is 32.6 Å². The van der Waals surface area contributed by atoms with Crippen molar-refractivity contribution in [2.24, 2.45) is 10.9 Å². The van der Waals surface area contributed by atoms with Crippen LogP contribution in [0.1, 0.15) is 26.7 Å². The molecule has 2 heterocycles. The van der Waals surface area contributed by atoms with Crippen LogP contribution in [0.3, 0.4) is 0 Å². The minimum Gasteiger partial charge on any atom is -0.381 e. The van der Waals surface area contributed by atoms with Gasteiger partial charge in [-0.2, -0.15) is 0 Å². The molecule has 15 heavy (non-hydrogen) atoms. The number of hydrogen-bond donors (Lipinski definition) is 1. The molecule has 0 saturated carbocycles. The predicted molar refractivity (Wildman–Crippen MR) is 65.5 cm³/mol. The van der Waals surface area contributed by atoms with Gasteiger partial charge in [0.1, 0.15) is 0 Å². The molecular formula is C11H20N2OS. The average molecular weight is 228 g/mol. The Morgan fingerprint density at radius 1 is 1.47 bits per heavy atom. The number of nitrogens with zero attached hydrogens (tertiary/aromatic N) is 1. The van der Waals surface area contributed by atoms with Crippen LogP contribution in [0, 0.1) is 5.92 Å². The Labute approximate surface area is 96.1 Å². The Bertz CT molecular complexity index is 239. The number of nitrogens with one attached hydrogen (secondary N) is 1. The van der Waals surface area contributed by atoms with Gasteiger partial charge in [0, 0.05) is 25.0 Å². The summed E-state index contributed by atoms with van der Waals surface area (Å²) in [6.45, 7) is 6.28. The van der Waals surface area contributed by atoms with Crippen LogP contribution in [0.2, 0.25) is 0 Å². The second-order valence-electron chi connectivity index (χ2n) is 4.48. The fourth-order valence-electron chi connectivity index (χ4n) is 2.08. The maximum Gasteiger partial charge on any atom is 0.157 e. The van der Waals surface area contributed by atoms with Crippen LogP contribution in [0.15, 0.2) is 4.99 Å². The van der Waals surface area contributed by atoms with Gasteiger partial charge >= 0.3 is 0 Å². The molecule has 0 spiro atoms. The van der Waals surface area contributed by atoms with Gasteiger partial charge in [-0.25, -0.2) is 0 Å². The summed E-state index contributed by atoms with van der Waals surface area (Å²) >= 11 is 1.85. The van der Waals surface area contributed by atoms with Crippen molar-refractivity contribution in [3.8, 4) is 0 Å². The van der Waals surface area contributed by atoms with Crippen molar-refractivity contribution in [2.75, 3.05) is 19.0 Å². The molecule has 1 N–H and O–H groups in total. The van der Waals surface area contributed by atoms with E-state index in [0.717, 1.165) is 30.1 Å². The summed E-state index contributed by atoms with van der Waals surface area (Å²) in [5.74, 6) is 1.88. The lowest BCUT2D eigenvalue weighted by Crippen LogP contribution is -2.38. The SMILES string of the molecule is CC1CSC(NC(C)C2CCOCC2)=N1. The standard InChI is InChI=1S/C11H20N2OS/c1-8-7-15-11(12-8)13-9(2)10-3-5-14-6-4-10/h8-10H,3-7H2,1-2H3,(H,12,13). The van der Waals surface area contributed by atoms with E-state index >= 15 is 0 Å². The van der Waals surface area contributed by atoms with Gasteiger partial charge < -0.3 is 10.1 Å². The number of ether oxygens (including phenoxy) is 1. The summed E-state index contributed by atoms with van der Waals surface area (Å²) in [5.41, 5.74) is 0. The van der Waals surface area contributed by atoms with Crippen LogP contribution in [-0.2, 0) is 4.74 Å². The molecule has 0 aromatic carbocycles. The average Bonchev–Trinajstić information content (AvgIpc) is 2.65. The monoisotopic (exact) mass is 228 g/mol. The molecule has 3 nitrogen and oxygen atoms in total. The number of rotatable bonds is 2. The fourth-order valence-corrected chi connectivity index (χ4v) is 3.08. The molecule has 0 aromatic rings. The first-order chi connectivity index (χ1) is 7.25. The van der Waals surface area contributed by atoms with Crippen LogP contribution < -0.4 is 5.32 Å². The van der Waals surface area contributed by atoms with E-state index in [2.05, 4.69) is 24.2 Å². The third-order valence-corrected chi connectivity index (χ3v) is 4.27. The molecule has 0 radical (unpaired) electrons. The third kappa shape index (κ3) is 3.11. The number of aliphatic imine (C=N–C) groups is 1. The maximum atomic E-state index is 5.37. The van der Waals surface area contributed by atoms with Gasteiger partial charge in [0.25, 0.3) is 0 Å². The van der Waals surface area contributed by atoms with Gasteiger partial charge in [0.05, 0.1) is 6.04 Å².